The first-order chi connectivity index (χ1) is 21.5. The molecule has 1 aliphatic heterocycles. The quantitative estimate of drug-likeness (QED) is 0.126. The van der Waals surface area contributed by atoms with Crippen molar-refractivity contribution in [3.05, 3.63) is 86.1 Å². The van der Waals surface area contributed by atoms with Gasteiger partial charge in [0, 0.05) is 18.2 Å². The van der Waals surface area contributed by atoms with Crippen LogP contribution in [0.2, 0.25) is 0 Å². The Bertz CT molecular complexity index is 1760. The van der Waals surface area contributed by atoms with E-state index in [1.54, 1.807) is 22.6 Å². The first-order valence-electron chi connectivity index (χ1n) is 13.5. The van der Waals surface area contributed by atoms with Gasteiger partial charge in [0.05, 0.1) is 32.6 Å². The predicted octanol–water partition coefficient (Wildman–Crippen LogP) is 7.02. The molecule has 0 radical (unpaired) electrons. The van der Waals surface area contributed by atoms with Gasteiger partial charge in [0.25, 0.3) is 11.8 Å². The molecule has 2 heterocycles. The van der Waals surface area contributed by atoms with E-state index in [1.807, 2.05) is 0 Å². The maximum Gasteiger partial charge on any atom is 0.433 e. The number of hydrogen-bond acceptors (Lipinski definition) is 6. The number of halogens is 9. The number of benzene rings is 2. The molecule has 5 rings (SSSR count). The van der Waals surface area contributed by atoms with Gasteiger partial charge in [-0.1, -0.05) is 18.9 Å². The summed E-state index contributed by atoms with van der Waals surface area (Å²) in [6.45, 7) is -0.548. The maximum atomic E-state index is 14.8. The molecule has 1 aliphatic carbocycles. The average molecular weight is 767 g/mol. The van der Waals surface area contributed by atoms with Crippen molar-refractivity contribution in [2.24, 2.45) is 0 Å². The molecule has 8 nitrogen and oxygen atoms in total. The van der Waals surface area contributed by atoms with Gasteiger partial charge >= 0.3 is 12.4 Å². The van der Waals surface area contributed by atoms with E-state index in [4.69, 9.17) is 0 Å². The van der Waals surface area contributed by atoms with Gasteiger partial charge in [0.15, 0.2) is 11.6 Å². The van der Waals surface area contributed by atoms with E-state index in [9.17, 15) is 49.8 Å². The van der Waals surface area contributed by atoms with Gasteiger partial charge < -0.3 is 10.4 Å². The minimum absolute atomic E-state index is 0.0135. The number of anilines is 1. The monoisotopic (exact) mass is 767 g/mol. The molecule has 0 bridgehead atoms. The Morgan fingerprint density at radius 1 is 1.00 bits per heavy atom. The molecule has 2 aliphatic rings. The summed E-state index contributed by atoms with van der Waals surface area (Å²) in [5.41, 5.74) is -6.77. The number of hydrazine groups is 1. The summed E-state index contributed by atoms with van der Waals surface area (Å²) in [6.07, 6.45) is -7.77. The van der Waals surface area contributed by atoms with Gasteiger partial charge in [-0.15, -0.1) is 0 Å². The summed E-state index contributed by atoms with van der Waals surface area (Å²) in [4.78, 5) is 34.3. The van der Waals surface area contributed by atoms with Crippen LogP contribution < -0.4 is 5.32 Å². The number of nitrogens with zero attached hydrogens (tertiary/aromatic N) is 4. The first-order valence-corrected chi connectivity index (χ1v) is 14.6. The Morgan fingerprint density at radius 2 is 1.67 bits per heavy atom. The average Bonchev–Trinajstić information content (AvgIpc) is 3.49. The predicted molar refractivity (Wildman–Crippen MR) is 154 cm³/mol. The highest BCUT2D eigenvalue weighted by atomic mass is 127. The summed E-state index contributed by atoms with van der Waals surface area (Å²) in [5, 5.41) is 15.9. The molecule has 2 amide bonds. The SMILES string of the molecule is CN1N(Cc2ccc(I)c(F)c2F)C(=O)C(C(=O)Nc2ccc(C(F)(F)F)cc2-c2cc(C(F)(F)F)ncn2)=C(O)C12CCCC2. The van der Waals surface area contributed by atoms with Crippen molar-refractivity contribution < 1.29 is 49.8 Å². The van der Waals surface area contributed by atoms with Gasteiger partial charge in [-0.3, -0.25) is 14.6 Å². The third kappa shape index (κ3) is 6.01. The smallest absolute Gasteiger partial charge is 0.433 e. The Morgan fingerprint density at radius 3 is 2.30 bits per heavy atom. The number of nitrogens with one attached hydrogen (secondary N) is 1. The van der Waals surface area contributed by atoms with E-state index in [0.717, 1.165) is 11.1 Å². The Hall–Kier alpha value is -3.87. The lowest BCUT2D eigenvalue weighted by molar-refractivity contribution is -0.163. The molecule has 17 heteroatoms. The van der Waals surface area contributed by atoms with Crippen LogP contribution in [-0.4, -0.2) is 49.5 Å². The van der Waals surface area contributed by atoms with Crippen LogP contribution in [0.1, 0.15) is 42.5 Å². The lowest BCUT2D eigenvalue weighted by Crippen LogP contribution is -2.62. The highest BCUT2D eigenvalue weighted by Crippen LogP contribution is 2.45. The Kier molecular flexibility index (Phi) is 8.78. The van der Waals surface area contributed by atoms with Crippen molar-refractivity contribution in [3.8, 4) is 11.3 Å². The number of rotatable bonds is 5. The van der Waals surface area contributed by atoms with Crippen LogP contribution in [0.25, 0.3) is 11.3 Å². The van der Waals surface area contributed by atoms with Crippen LogP contribution in [0.15, 0.2) is 54.1 Å². The maximum absolute atomic E-state index is 14.8. The number of aromatic nitrogens is 2. The van der Waals surface area contributed by atoms with Crippen molar-refractivity contribution in [1.82, 2.24) is 20.0 Å². The lowest BCUT2D eigenvalue weighted by atomic mass is 9.88. The van der Waals surface area contributed by atoms with Gasteiger partial charge in [-0.2, -0.15) is 26.3 Å². The zero-order chi connectivity index (χ0) is 33.8. The Labute approximate surface area is 269 Å². The minimum Gasteiger partial charge on any atom is -0.509 e. The largest absolute Gasteiger partial charge is 0.509 e. The lowest BCUT2D eigenvalue weighted by Gasteiger charge is -2.48. The van der Waals surface area contributed by atoms with Crippen LogP contribution in [0.3, 0.4) is 0 Å². The van der Waals surface area contributed by atoms with E-state index in [0.29, 0.717) is 37.4 Å². The molecule has 1 aromatic heterocycles. The number of carbonyl (C=O) groups excluding carboxylic acids is 2. The van der Waals surface area contributed by atoms with Crippen molar-refractivity contribution in [3.63, 3.8) is 0 Å². The third-order valence-corrected chi connectivity index (χ3v) is 8.86. The standard InChI is InChI=1S/C29H22F8IN5O3/c1-42-27(8-2-3-9-27)24(44)21(26(46)43(42)12-14-4-6-17(38)23(31)22(14)30)25(45)41-18-7-5-15(28(32,33)34)10-16(18)19-11-20(29(35,36)37)40-13-39-19/h4-7,10-11,13,44H,2-3,8-9,12H2,1H3,(H,41,45). The number of aliphatic hydroxyl groups excluding tert-OH is 1. The zero-order valence-electron chi connectivity index (χ0n) is 23.5. The van der Waals surface area contributed by atoms with Crippen molar-refractivity contribution >= 4 is 40.1 Å². The summed E-state index contributed by atoms with van der Waals surface area (Å²) >= 11 is 1.59. The fourth-order valence-corrected chi connectivity index (χ4v) is 6.04. The molecule has 2 N–H and O–H groups in total. The molecule has 0 unspecified atom stereocenters. The van der Waals surface area contributed by atoms with Gasteiger partial charge in [-0.05, 0) is 65.8 Å². The van der Waals surface area contributed by atoms with Crippen molar-refractivity contribution in [1.29, 1.82) is 0 Å². The van der Waals surface area contributed by atoms with Crippen LogP contribution in [-0.2, 0) is 28.5 Å². The number of likely N-dealkylation sites (N-methyl/N-ethyl adjacent to an activating group) is 1. The molecule has 0 saturated heterocycles. The number of hydrogen-bond donors (Lipinski definition) is 2. The highest BCUT2D eigenvalue weighted by molar-refractivity contribution is 14.1. The normalized spacial score (nSPS) is 17.3. The van der Waals surface area contributed by atoms with Crippen molar-refractivity contribution in [2.45, 2.75) is 50.1 Å². The fourth-order valence-electron chi connectivity index (χ4n) is 5.62. The topological polar surface area (TPSA) is 98.7 Å². The highest BCUT2D eigenvalue weighted by Gasteiger charge is 2.53. The van der Waals surface area contributed by atoms with E-state index in [-0.39, 0.29) is 22.0 Å². The van der Waals surface area contributed by atoms with Crippen LogP contribution in [0, 0.1) is 15.2 Å². The molecule has 0 atom stereocenters. The second-order valence-electron chi connectivity index (χ2n) is 10.7. The fraction of sp³-hybridized carbons (Fsp3) is 0.310. The number of amides is 2. The second-order valence-corrected chi connectivity index (χ2v) is 11.8. The summed E-state index contributed by atoms with van der Waals surface area (Å²) in [6, 6.07) is 4.75. The van der Waals surface area contributed by atoms with E-state index in [2.05, 4.69) is 15.3 Å². The number of alkyl halides is 6. The summed E-state index contributed by atoms with van der Waals surface area (Å²) in [5.74, 6) is -5.45. The molecular formula is C29H22F8IN5O3. The summed E-state index contributed by atoms with van der Waals surface area (Å²) in [7, 11) is 1.44. The first kappa shape index (κ1) is 33.5. The molecule has 244 valence electrons. The van der Waals surface area contributed by atoms with E-state index in [1.165, 1.54) is 24.2 Å². The minimum atomic E-state index is -4.97. The third-order valence-electron chi connectivity index (χ3n) is 8.03. The van der Waals surface area contributed by atoms with Gasteiger partial charge in [-0.25, -0.2) is 23.8 Å². The molecule has 3 aromatic rings. The second kappa shape index (κ2) is 12.1. The molecule has 2 aromatic carbocycles. The number of carbonyl (C=O) groups is 2. The van der Waals surface area contributed by atoms with Crippen molar-refractivity contribution in [2.75, 3.05) is 12.4 Å². The molecule has 46 heavy (non-hydrogen) atoms. The Balaban J connectivity index is 1.58. The molecule has 1 fully saturated rings. The zero-order valence-corrected chi connectivity index (χ0v) is 25.7. The van der Waals surface area contributed by atoms with Crippen LogP contribution in [0.4, 0.5) is 40.8 Å². The van der Waals surface area contributed by atoms with Crippen LogP contribution in [0.5, 0.6) is 0 Å². The summed E-state index contributed by atoms with van der Waals surface area (Å²) < 4.78 is 110. The van der Waals surface area contributed by atoms with Gasteiger partial charge in [0.2, 0.25) is 0 Å². The molecule has 1 spiro atoms. The van der Waals surface area contributed by atoms with Gasteiger partial charge in [0.1, 0.15) is 23.4 Å². The molecule has 1 saturated carbocycles. The van der Waals surface area contributed by atoms with Crippen LogP contribution >= 0.6 is 22.6 Å². The molecular weight excluding hydrogens is 745 g/mol. The number of aliphatic hydroxyl groups is 1. The van der Waals surface area contributed by atoms with E-state index < -0.39 is 87.4 Å². The van der Waals surface area contributed by atoms with E-state index >= 15 is 0 Å².